The molecule has 154 valence electrons. The average Bonchev–Trinajstić information content (AvgIpc) is 2.75. The predicted molar refractivity (Wildman–Crippen MR) is 119 cm³/mol. The molecule has 0 bridgehead atoms. The lowest BCUT2D eigenvalue weighted by molar-refractivity contribution is -0.114. The fraction of sp³-hybridized carbons (Fsp3) is 0.364. The molecule has 0 saturated carbocycles. The first-order chi connectivity index (χ1) is 14.0. The van der Waals surface area contributed by atoms with E-state index in [0.29, 0.717) is 17.8 Å². The number of nitrogens with one attached hydrogen (secondary N) is 2. The predicted octanol–water partition coefficient (Wildman–Crippen LogP) is 4.39. The lowest BCUT2D eigenvalue weighted by Gasteiger charge is -2.30. The van der Waals surface area contributed by atoms with Crippen LogP contribution in [-0.4, -0.2) is 36.3 Å². The van der Waals surface area contributed by atoms with Crippen LogP contribution in [0.25, 0.3) is 0 Å². The Kier molecular flexibility index (Phi) is 7.78. The molecule has 2 aromatic carbocycles. The normalized spacial score (nSPS) is 14.0. The van der Waals surface area contributed by atoms with Gasteiger partial charge in [0.2, 0.25) is 0 Å². The fourth-order valence-electron chi connectivity index (χ4n) is 3.46. The summed E-state index contributed by atoms with van der Waals surface area (Å²) in [5, 5.41) is 5.65. The Balaban J connectivity index is 1.76. The molecule has 1 aliphatic rings. The number of benzene rings is 2. The van der Waals surface area contributed by atoms with Crippen molar-refractivity contribution in [1.82, 2.24) is 5.32 Å². The topological polar surface area (TPSA) is 61.4 Å². The van der Waals surface area contributed by atoms with Crippen LogP contribution in [0.15, 0.2) is 48.5 Å². The van der Waals surface area contributed by atoms with E-state index in [2.05, 4.69) is 15.5 Å². The van der Waals surface area contributed by atoms with E-state index in [9.17, 15) is 9.59 Å². The van der Waals surface area contributed by atoms with Gasteiger partial charge < -0.3 is 15.5 Å². The third-order valence-electron chi connectivity index (χ3n) is 4.95. The van der Waals surface area contributed by atoms with Gasteiger partial charge in [-0.2, -0.15) is 0 Å². The van der Waals surface area contributed by atoms with E-state index < -0.39 is 10.7 Å². The number of carbonyl (C=O) groups excluding carboxylic acids is 2. The summed E-state index contributed by atoms with van der Waals surface area (Å²) in [5.74, 6) is -0.680. The molecule has 0 aliphatic carbocycles. The number of anilines is 2. The van der Waals surface area contributed by atoms with Gasteiger partial charge >= 0.3 is 0 Å². The van der Waals surface area contributed by atoms with Crippen LogP contribution in [0.5, 0.6) is 0 Å². The molecule has 3 rings (SSSR count). The van der Waals surface area contributed by atoms with Crippen LogP contribution in [0.1, 0.15) is 35.2 Å². The molecule has 1 fully saturated rings. The summed E-state index contributed by atoms with van der Waals surface area (Å²) in [6, 6.07) is 15.4. The molecule has 7 heteroatoms. The minimum Gasteiger partial charge on any atom is -0.371 e. The molecule has 2 aromatic rings. The van der Waals surface area contributed by atoms with E-state index in [1.54, 1.807) is 12.1 Å². The quantitative estimate of drug-likeness (QED) is 0.636. The Morgan fingerprint density at radius 3 is 2.41 bits per heavy atom. The summed E-state index contributed by atoms with van der Waals surface area (Å²) in [5.41, 5.74) is 3.09. The van der Waals surface area contributed by atoms with E-state index in [-0.39, 0.29) is 5.91 Å². The molecule has 1 heterocycles. The van der Waals surface area contributed by atoms with Crippen molar-refractivity contribution in [3.8, 4) is 0 Å². The highest BCUT2D eigenvalue weighted by atomic mass is 35.5. The number of hydrogen-bond acceptors (Lipinski definition) is 3. The van der Waals surface area contributed by atoms with Crippen molar-refractivity contribution in [2.24, 2.45) is 0 Å². The van der Waals surface area contributed by atoms with Gasteiger partial charge in [0.25, 0.3) is 11.8 Å². The molecule has 5 nitrogen and oxygen atoms in total. The third kappa shape index (κ3) is 6.12. The van der Waals surface area contributed by atoms with E-state index in [1.807, 2.05) is 36.4 Å². The summed E-state index contributed by atoms with van der Waals surface area (Å²) < 4.78 is 0. The largest absolute Gasteiger partial charge is 0.371 e. The van der Waals surface area contributed by atoms with Crippen molar-refractivity contribution in [2.45, 2.75) is 30.5 Å². The zero-order valence-corrected chi connectivity index (χ0v) is 17.7. The molecular formula is C22H25Cl2N3O2. The second kappa shape index (κ2) is 10.5. The van der Waals surface area contributed by atoms with Crippen LogP contribution < -0.4 is 15.5 Å². The summed E-state index contributed by atoms with van der Waals surface area (Å²) >= 11 is 11.3. The molecular weight excluding hydrogens is 409 g/mol. The maximum Gasteiger partial charge on any atom is 0.257 e. The van der Waals surface area contributed by atoms with Crippen LogP contribution in [-0.2, 0) is 11.2 Å². The molecule has 0 radical (unpaired) electrons. The molecule has 0 spiro atoms. The van der Waals surface area contributed by atoms with Gasteiger partial charge in [0, 0.05) is 31.0 Å². The van der Waals surface area contributed by atoms with Gasteiger partial charge in [-0.25, -0.2) is 0 Å². The van der Waals surface area contributed by atoms with Crippen molar-refractivity contribution in [3.63, 3.8) is 0 Å². The first kappa shape index (κ1) is 21.5. The number of carbonyl (C=O) groups is 2. The van der Waals surface area contributed by atoms with Crippen LogP contribution >= 0.6 is 23.2 Å². The van der Waals surface area contributed by atoms with Crippen molar-refractivity contribution in [2.75, 3.05) is 29.9 Å². The van der Waals surface area contributed by atoms with Crippen LogP contribution in [0, 0.1) is 0 Å². The Morgan fingerprint density at radius 1 is 1.00 bits per heavy atom. The zero-order valence-electron chi connectivity index (χ0n) is 16.2. The second-order valence-electron chi connectivity index (χ2n) is 7.06. The van der Waals surface area contributed by atoms with Crippen molar-refractivity contribution in [3.05, 3.63) is 59.7 Å². The molecule has 1 saturated heterocycles. The second-order valence-corrected chi connectivity index (χ2v) is 8.16. The smallest absolute Gasteiger partial charge is 0.257 e. The van der Waals surface area contributed by atoms with E-state index >= 15 is 0 Å². The number of hydrogen-bond donors (Lipinski definition) is 2. The molecule has 0 atom stereocenters. The van der Waals surface area contributed by atoms with Crippen molar-refractivity contribution < 1.29 is 9.59 Å². The number of amides is 2. The highest BCUT2D eigenvalue weighted by Gasteiger charge is 2.20. The molecule has 29 heavy (non-hydrogen) atoms. The van der Waals surface area contributed by atoms with Crippen molar-refractivity contribution >= 4 is 46.4 Å². The van der Waals surface area contributed by atoms with Gasteiger partial charge in [0.15, 0.2) is 4.84 Å². The van der Waals surface area contributed by atoms with Gasteiger partial charge in [0.05, 0.1) is 5.56 Å². The SMILES string of the molecule is O=C(NCCc1ccccc1)c1cc(NC(=O)C(Cl)Cl)ccc1N1CCCCC1. The number of halogens is 2. The number of piperidine rings is 1. The highest BCUT2D eigenvalue weighted by Crippen LogP contribution is 2.27. The van der Waals surface area contributed by atoms with E-state index in [1.165, 1.54) is 12.0 Å². The Hall–Kier alpha value is -2.24. The molecule has 1 aliphatic heterocycles. The minimum absolute atomic E-state index is 0.161. The van der Waals surface area contributed by atoms with Gasteiger partial charge in [-0.1, -0.05) is 53.5 Å². The maximum absolute atomic E-state index is 13.0. The highest BCUT2D eigenvalue weighted by molar-refractivity contribution is 6.54. The summed E-state index contributed by atoms with van der Waals surface area (Å²) in [6.45, 7) is 2.37. The molecule has 0 aromatic heterocycles. The van der Waals surface area contributed by atoms with Crippen LogP contribution in [0.4, 0.5) is 11.4 Å². The Morgan fingerprint density at radius 2 is 1.72 bits per heavy atom. The van der Waals surface area contributed by atoms with Crippen LogP contribution in [0.2, 0.25) is 0 Å². The summed E-state index contributed by atoms with van der Waals surface area (Å²) in [6.07, 6.45) is 4.17. The Bertz CT molecular complexity index is 837. The van der Waals surface area contributed by atoms with E-state index in [4.69, 9.17) is 23.2 Å². The lowest BCUT2D eigenvalue weighted by Crippen LogP contribution is -2.33. The van der Waals surface area contributed by atoms with E-state index in [0.717, 1.165) is 38.0 Å². The monoisotopic (exact) mass is 433 g/mol. The molecule has 2 amide bonds. The van der Waals surface area contributed by atoms with Gasteiger partial charge in [-0.3, -0.25) is 9.59 Å². The number of rotatable bonds is 7. The van der Waals surface area contributed by atoms with Crippen LogP contribution in [0.3, 0.4) is 0 Å². The number of alkyl halides is 2. The average molecular weight is 434 g/mol. The Labute approximate surface area is 181 Å². The van der Waals surface area contributed by atoms with Gasteiger partial charge in [-0.05, 0) is 49.4 Å². The fourth-order valence-corrected chi connectivity index (χ4v) is 3.57. The van der Waals surface area contributed by atoms with Gasteiger partial charge in [0.1, 0.15) is 0 Å². The standard InChI is InChI=1S/C22H25Cl2N3O2/c23-20(24)22(29)26-17-9-10-19(27-13-5-2-6-14-27)18(15-17)21(28)25-12-11-16-7-3-1-4-8-16/h1,3-4,7-10,15,20H,2,5-6,11-14H2,(H,25,28)(H,26,29). The molecule has 2 N–H and O–H groups in total. The summed E-state index contributed by atoms with van der Waals surface area (Å²) in [4.78, 5) is 25.9. The summed E-state index contributed by atoms with van der Waals surface area (Å²) in [7, 11) is 0. The van der Waals surface area contributed by atoms with Gasteiger partial charge in [-0.15, -0.1) is 0 Å². The maximum atomic E-state index is 13.0. The number of nitrogens with zero attached hydrogens (tertiary/aromatic N) is 1. The zero-order chi connectivity index (χ0) is 20.6. The lowest BCUT2D eigenvalue weighted by atomic mass is 10.1. The first-order valence-electron chi connectivity index (χ1n) is 9.85. The minimum atomic E-state index is -1.17. The third-order valence-corrected chi connectivity index (χ3v) is 5.34. The van der Waals surface area contributed by atoms with Crippen molar-refractivity contribution in [1.29, 1.82) is 0 Å². The first-order valence-corrected chi connectivity index (χ1v) is 10.7. The molecule has 0 unspecified atom stereocenters.